The van der Waals surface area contributed by atoms with Crippen LogP contribution in [0.4, 0.5) is 0 Å². The maximum Gasteiger partial charge on any atom is 0.188 e. The molecule has 0 amide bonds. The average Bonchev–Trinajstić information content (AvgIpc) is 2.87. The SMILES string of the molecule is C=C1C(O)C(CO)OC(OC2C(OC(C)CCCCCCCCCCO)OC(CO)C(O)C2O)C1O. The summed E-state index contributed by atoms with van der Waals surface area (Å²) in [5.74, 6) is 0. The highest BCUT2D eigenvalue weighted by Crippen LogP contribution is 2.31. The van der Waals surface area contributed by atoms with Crippen LogP contribution in [-0.4, -0.2) is 117 Å². The average molecular weight is 523 g/mol. The van der Waals surface area contributed by atoms with Crippen molar-refractivity contribution in [2.75, 3.05) is 19.8 Å². The maximum atomic E-state index is 10.7. The smallest absolute Gasteiger partial charge is 0.188 e. The third-order valence-corrected chi connectivity index (χ3v) is 6.86. The van der Waals surface area contributed by atoms with E-state index in [1.807, 2.05) is 6.92 Å². The van der Waals surface area contributed by atoms with Crippen molar-refractivity contribution >= 4 is 0 Å². The van der Waals surface area contributed by atoms with E-state index in [-0.39, 0.29) is 18.3 Å². The fourth-order valence-electron chi connectivity index (χ4n) is 4.53. The van der Waals surface area contributed by atoms with Crippen LogP contribution in [0.2, 0.25) is 0 Å². The van der Waals surface area contributed by atoms with E-state index in [0.717, 1.165) is 57.8 Å². The number of ether oxygens (including phenoxy) is 4. The van der Waals surface area contributed by atoms with Gasteiger partial charge in [-0.2, -0.15) is 0 Å². The van der Waals surface area contributed by atoms with Crippen LogP contribution in [-0.2, 0) is 18.9 Å². The van der Waals surface area contributed by atoms with Gasteiger partial charge >= 0.3 is 0 Å². The summed E-state index contributed by atoms with van der Waals surface area (Å²) in [5, 5.41) is 69.4. The van der Waals surface area contributed by atoms with Crippen LogP contribution < -0.4 is 0 Å². The van der Waals surface area contributed by atoms with Gasteiger partial charge in [-0.05, 0) is 25.3 Å². The van der Waals surface area contributed by atoms with Gasteiger partial charge in [0.1, 0.15) is 42.7 Å². The van der Waals surface area contributed by atoms with Gasteiger partial charge in [-0.3, -0.25) is 0 Å². The van der Waals surface area contributed by atoms with Crippen molar-refractivity contribution in [2.24, 2.45) is 0 Å². The van der Waals surface area contributed by atoms with Crippen LogP contribution in [0, 0.1) is 0 Å². The largest absolute Gasteiger partial charge is 0.396 e. The summed E-state index contributed by atoms with van der Waals surface area (Å²) in [4.78, 5) is 0. The van der Waals surface area contributed by atoms with Crippen molar-refractivity contribution in [3.05, 3.63) is 12.2 Å². The van der Waals surface area contributed by atoms with Gasteiger partial charge in [-0.1, -0.05) is 51.5 Å². The lowest BCUT2D eigenvalue weighted by atomic mass is 9.96. The molecule has 0 saturated carbocycles. The third kappa shape index (κ3) is 8.95. The molecule has 11 nitrogen and oxygen atoms in total. The first-order valence-electron chi connectivity index (χ1n) is 13.1. The molecule has 2 heterocycles. The van der Waals surface area contributed by atoms with E-state index in [1.165, 1.54) is 0 Å². The number of unbranched alkanes of at least 4 members (excludes halogenated alkanes) is 7. The third-order valence-electron chi connectivity index (χ3n) is 6.86. The van der Waals surface area contributed by atoms with Crippen molar-refractivity contribution in [1.29, 1.82) is 0 Å². The predicted octanol–water partition coefficient (Wildman–Crippen LogP) is -0.286. The van der Waals surface area contributed by atoms with E-state index >= 15 is 0 Å². The molecule has 0 radical (unpaired) electrons. The first-order chi connectivity index (χ1) is 17.2. The summed E-state index contributed by atoms with van der Waals surface area (Å²) in [7, 11) is 0. The maximum absolute atomic E-state index is 10.7. The fourth-order valence-corrected chi connectivity index (χ4v) is 4.53. The highest BCUT2D eigenvalue weighted by Gasteiger charge is 2.49. The van der Waals surface area contributed by atoms with E-state index in [1.54, 1.807) is 0 Å². The minimum atomic E-state index is -1.53. The van der Waals surface area contributed by atoms with Crippen LogP contribution in [0.1, 0.15) is 64.7 Å². The van der Waals surface area contributed by atoms with Gasteiger partial charge in [-0.25, -0.2) is 0 Å². The second-order valence-corrected chi connectivity index (χ2v) is 9.78. The zero-order valence-corrected chi connectivity index (χ0v) is 21.2. The van der Waals surface area contributed by atoms with Crippen molar-refractivity contribution in [3.63, 3.8) is 0 Å². The monoisotopic (exact) mass is 522 g/mol. The lowest BCUT2D eigenvalue weighted by molar-refractivity contribution is -0.357. The summed E-state index contributed by atoms with van der Waals surface area (Å²) in [6.07, 6.45) is -2.97. The van der Waals surface area contributed by atoms with Gasteiger partial charge in [0.25, 0.3) is 0 Å². The quantitative estimate of drug-likeness (QED) is 0.105. The Balaban J connectivity index is 1.91. The lowest BCUT2D eigenvalue weighted by Crippen LogP contribution is -2.63. The Morgan fingerprint density at radius 3 is 1.89 bits per heavy atom. The van der Waals surface area contributed by atoms with Crippen LogP contribution in [0.5, 0.6) is 0 Å². The Labute approximate surface area is 213 Å². The zero-order valence-electron chi connectivity index (χ0n) is 21.2. The number of aliphatic hydroxyl groups excluding tert-OH is 7. The van der Waals surface area contributed by atoms with Gasteiger partial charge in [0, 0.05) is 6.61 Å². The van der Waals surface area contributed by atoms with E-state index in [0.29, 0.717) is 0 Å². The van der Waals surface area contributed by atoms with Gasteiger partial charge in [0.15, 0.2) is 12.6 Å². The Morgan fingerprint density at radius 2 is 1.31 bits per heavy atom. The molecule has 2 rings (SSSR count). The molecule has 0 aromatic carbocycles. The molecule has 0 spiro atoms. The summed E-state index contributed by atoms with van der Waals surface area (Å²) in [6.45, 7) is 4.64. The molecule has 0 aromatic heterocycles. The van der Waals surface area contributed by atoms with Crippen LogP contribution in [0.3, 0.4) is 0 Å². The molecule has 2 fully saturated rings. The Hall–Kier alpha value is -0.700. The number of hydrogen-bond donors (Lipinski definition) is 7. The molecule has 0 aromatic rings. The van der Waals surface area contributed by atoms with Crippen LogP contribution in [0.25, 0.3) is 0 Å². The van der Waals surface area contributed by atoms with Gasteiger partial charge in [-0.15, -0.1) is 0 Å². The van der Waals surface area contributed by atoms with Gasteiger partial charge < -0.3 is 54.7 Å². The van der Waals surface area contributed by atoms with E-state index < -0.39 is 68.5 Å². The summed E-state index contributed by atoms with van der Waals surface area (Å²) >= 11 is 0. The second-order valence-electron chi connectivity index (χ2n) is 9.78. The molecule has 10 unspecified atom stereocenters. The number of hydrogen-bond acceptors (Lipinski definition) is 11. The summed E-state index contributed by atoms with van der Waals surface area (Å²) < 4.78 is 22.9. The Kier molecular flexibility index (Phi) is 14.3. The van der Waals surface area contributed by atoms with Crippen molar-refractivity contribution in [3.8, 4) is 0 Å². The standard InChI is InChI=1S/C25H46O11/c1-15(11-9-7-5-3-4-6-8-10-12-26)33-25-23(22(32)21(31)18(14-28)35-25)36-24-20(30)16(2)19(29)17(13-27)34-24/h15,17-32H,2-14H2,1H3. The van der Waals surface area contributed by atoms with Gasteiger partial charge in [0.2, 0.25) is 0 Å². The topological polar surface area (TPSA) is 179 Å². The first-order valence-corrected chi connectivity index (χ1v) is 13.1. The van der Waals surface area contributed by atoms with Crippen molar-refractivity contribution < 1.29 is 54.7 Å². The molecule has 10 atom stereocenters. The molecule has 36 heavy (non-hydrogen) atoms. The second kappa shape index (κ2) is 16.3. The number of aliphatic hydroxyl groups is 7. The van der Waals surface area contributed by atoms with E-state index in [4.69, 9.17) is 24.1 Å². The van der Waals surface area contributed by atoms with Crippen LogP contribution in [0.15, 0.2) is 12.2 Å². The normalized spacial score (nSPS) is 36.2. The highest BCUT2D eigenvalue weighted by atomic mass is 16.8. The highest BCUT2D eigenvalue weighted by molar-refractivity contribution is 5.15. The summed E-state index contributed by atoms with van der Waals surface area (Å²) in [5.41, 5.74) is -0.00969. The van der Waals surface area contributed by atoms with E-state index in [2.05, 4.69) is 6.58 Å². The molecule has 2 aliphatic heterocycles. The molecule has 212 valence electrons. The zero-order chi connectivity index (χ0) is 26.7. The van der Waals surface area contributed by atoms with E-state index in [9.17, 15) is 30.6 Å². The first kappa shape index (κ1) is 31.5. The fraction of sp³-hybridized carbons (Fsp3) is 0.920. The Morgan fingerprint density at radius 1 is 0.750 bits per heavy atom. The molecule has 2 saturated heterocycles. The molecule has 0 bridgehead atoms. The molecule has 0 aliphatic carbocycles. The van der Waals surface area contributed by atoms with Crippen molar-refractivity contribution in [1.82, 2.24) is 0 Å². The minimum absolute atomic E-state index is 0.00969. The number of rotatable bonds is 16. The molecule has 11 heteroatoms. The van der Waals surface area contributed by atoms with Crippen LogP contribution >= 0.6 is 0 Å². The minimum Gasteiger partial charge on any atom is -0.396 e. The van der Waals surface area contributed by atoms with Crippen molar-refractivity contribution in [2.45, 2.75) is 126 Å². The molecular formula is C25H46O11. The molecular weight excluding hydrogens is 476 g/mol. The predicted molar refractivity (Wildman–Crippen MR) is 129 cm³/mol. The molecule has 2 aliphatic rings. The summed E-state index contributed by atoms with van der Waals surface area (Å²) in [6, 6.07) is 0. The lowest BCUT2D eigenvalue weighted by Gasteiger charge is -2.45. The molecule has 7 N–H and O–H groups in total. The Bertz CT molecular complexity index is 621. The van der Waals surface area contributed by atoms with Gasteiger partial charge in [0.05, 0.1) is 19.3 Å².